The molecule has 1 unspecified atom stereocenters. The predicted octanol–water partition coefficient (Wildman–Crippen LogP) is 5.04. The van der Waals surface area contributed by atoms with Gasteiger partial charge in [-0.15, -0.1) is 0 Å². The molecular weight excluding hydrogens is 406 g/mol. The smallest absolute Gasteiger partial charge is 0.216 e. The number of hydrogen-bond donors (Lipinski definition) is 1. The van der Waals surface area contributed by atoms with Gasteiger partial charge in [-0.3, -0.25) is 14.2 Å². The third-order valence-electron chi connectivity index (χ3n) is 5.10. The van der Waals surface area contributed by atoms with Gasteiger partial charge in [-0.25, -0.2) is 4.98 Å². The van der Waals surface area contributed by atoms with Gasteiger partial charge in [0.15, 0.2) is 10.9 Å². The van der Waals surface area contributed by atoms with Crippen LogP contribution in [0.25, 0.3) is 5.69 Å². The lowest BCUT2D eigenvalue weighted by Crippen LogP contribution is -2.22. The van der Waals surface area contributed by atoms with Crippen LogP contribution in [0.1, 0.15) is 55.1 Å². The van der Waals surface area contributed by atoms with Crippen molar-refractivity contribution in [2.24, 2.45) is 0 Å². The SMILES string of the molecule is CC(=O)NCCc1ccc(C(=O)C(C)Sc2nccn2-c2ccccc2C(C)C)cc1. The zero-order valence-corrected chi connectivity index (χ0v) is 19.3. The van der Waals surface area contributed by atoms with Gasteiger partial charge in [0.25, 0.3) is 0 Å². The van der Waals surface area contributed by atoms with Crippen molar-refractivity contribution in [3.05, 3.63) is 77.6 Å². The second-order valence-corrected chi connectivity index (χ2v) is 9.16. The fourth-order valence-corrected chi connectivity index (χ4v) is 4.37. The van der Waals surface area contributed by atoms with Gasteiger partial charge in [0.05, 0.1) is 10.9 Å². The van der Waals surface area contributed by atoms with E-state index < -0.39 is 0 Å². The maximum atomic E-state index is 13.0. The highest BCUT2D eigenvalue weighted by Gasteiger charge is 2.20. The van der Waals surface area contributed by atoms with E-state index in [9.17, 15) is 9.59 Å². The van der Waals surface area contributed by atoms with Crippen molar-refractivity contribution in [2.75, 3.05) is 6.54 Å². The van der Waals surface area contributed by atoms with E-state index in [4.69, 9.17) is 0 Å². The second kappa shape index (κ2) is 10.4. The molecule has 0 bridgehead atoms. The minimum atomic E-state index is -0.266. The van der Waals surface area contributed by atoms with Crippen LogP contribution in [0.4, 0.5) is 0 Å². The van der Waals surface area contributed by atoms with Crippen molar-refractivity contribution in [2.45, 2.75) is 50.4 Å². The number of benzene rings is 2. The van der Waals surface area contributed by atoms with Crippen LogP contribution in [0, 0.1) is 0 Å². The number of ketones is 1. The number of nitrogens with zero attached hydrogens (tertiary/aromatic N) is 2. The fraction of sp³-hybridized carbons (Fsp3) is 0.320. The van der Waals surface area contributed by atoms with E-state index in [2.05, 4.69) is 46.9 Å². The Bertz CT molecular complexity index is 1040. The molecule has 0 radical (unpaired) electrons. The Balaban J connectivity index is 1.70. The molecule has 6 heteroatoms. The van der Waals surface area contributed by atoms with Crippen LogP contribution >= 0.6 is 11.8 Å². The van der Waals surface area contributed by atoms with Gasteiger partial charge in [0.2, 0.25) is 5.91 Å². The number of carbonyl (C=O) groups excluding carboxylic acids is 2. The number of thioether (sulfide) groups is 1. The Hall–Kier alpha value is -2.86. The van der Waals surface area contributed by atoms with Crippen LogP contribution < -0.4 is 5.32 Å². The molecule has 5 nitrogen and oxygen atoms in total. The normalized spacial score (nSPS) is 12.0. The lowest BCUT2D eigenvalue weighted by molar-refractivity contribution is -0.118. The molecule has 3 rings (SSSR count). The molecule has 2 aromatic carbocycles. The Labute approximate surface area is 188 Å². The molecule has 0 spiro atoms. The average molecular weight is 436 g/mol. The lowest BCUT2D eigenvalue weighted by atomic mass is 10.0. The largest absolute Gasteiger partial charge is 0.356 e. The quantitative estimate of drug-likeness (QED) is 0.378. The molecule has 1 N–H and O–H groups in total. The number of Topliss-reactive ketones (excluding diaryl/α,β-unsaturated/α-hetero) is 1. The molecule has 1 heterocycles. The molecule has 3 aromatic rings. The number of hydrogen-bond acceptors (Lipinski definition) is 4. The first-order valence-corrected chi connectivity index (χ1v) is 11.4. The highest BCUT2D eigenvalue weighted by atomic mass is 32.2. The monoisotopic (exact) mass is 435 g/mol. The number of rotatable bonds is 9. The zero-order valence-electron chi connectivity index (χ0n) is 18.5. The molecule has 31 heavy (non-hydrogen) atoms. The van der Waals surface area contributed by atoms with Crippen LogP contribution in [0.15, 0.2) is 66.1 Å². The average Bonchev–Trinajstić information content (AvgIpc) is 3.21. The summed E-state index contributed by atoms with van der Waals surface area (Å²) in [5, 5.41) is 3.33. The van der Waals surface area contributed by atoms with Crippen molar-refractivity contribution in [1.29, 1.82) is 0 Å². The van der Waals surface area contributed by atoms with Crippen molar-refractivity contribution >= 4 is 23.5 Å². The van der Waals surface area contributed by atoms with Gasteiger partial charge >= 0.3 is 0 Å². The van der Waals surface area contributed by atoms with Gasteiger partial charge in [0, 0.05) is 31.4 Å². The van der Waals surface area contributed by atoms with Crippen LogP contribution in [0.3, 0.4) is 0 Å². The van der Waals surface area contributed by atoms with Gasteiger partial charge in [0.1, 0.15) is 0 Å². The molecule has 1 amide bonds. The number of aromatic nitrogens is 2. The molecule has 1 aromatic heterocycles. The molecule has 0 saturated heterocycles. The maximum absolute atomic E-state index is 13.0. The van der Waals surface area contributed by atoms with Crippen LogP contribution in [-0.2, 0) is 11.2 Å². The summed E-state index contributed by atoms with van der Waals surface area (Å²) in [6.07, 6.45) is 4.47. The van der Waals surface area contributed by atoms with E-state index in [0.29, 0.717) is 18.0 Å². The van der Waals surface area contributed by atoms with E-state index in [1.54, 1.807) is 6.20 Å². The van der Waals surface area contributed by atoms with Gasteiger partial charge in [-0.05, 0) is 36.5 Å². The summed E-state index contributed by atoms with van der Waals surface area (Å²) in [7, 11) is 0. The topological polar surface area (TPSA) is 64.0 Å². The van der Waals surface area contributed by atoms with Crippen molar-refractivity contribution in [3.63, 3.8) is 0 Å². The van der Waals surface area contributed by atoms with Crippen molar-refractivity contribution in [3.8, 4) is 5.69 Å². The molecule has 162 valence electrons. The molecule has 1 atom stereocenters. The first-order valence-electron chi connectivity index (χ1n) is 10.5. The third kappa shape index (κ3) is 5.85. The van der Waals surface area contributed by atoms with E-state index in [1.165, 1.54) is 24.2 Å². The predicted molar refractivity (Wildman–Crippen MR) is 126 cm³/mol. The molecule has 0 aliphatic rings. The van der Waals surface area contributed by atoms with Gasteiger partial charge < -0.3 is 5.32 Å². The van der Waals surface area contributed by atoms with Gasteiger partial charge in [-0.1, -0.05) is 68.1 Å². The summed E-state index contributed by atoms with van der Waals surface area (Å²) in [6.45, 7) is 8.37. The molecular formula is C25H29N3O2S. The molecule has 0 aliphatic carbocycles. The van der Waals surface area contributed by atoms with E-state index in [-0.39, 0.29) is 16.9 Å². The summed E-state index contributed by atoms with van der Waals surface area (Å²) in [5.41, 5.74) is 4.12. The summed E-state index contributed by atoms with van der Waals surface area (Å²) in [5.74, 6) is 0.428. The number of imidazole rings is 1. The Morgan fingerprint density at radius 3 is 2.45 bits per heavy atom. The highest BCUT2D eigenvalue weighted by molar-refractivity contribution is 8.00. The third-order valence-corrected chi connectivity index (χ3v) is 6.18. The van der Waals surface area contributed by atoms with Crippen LogP contribution in [0.2, 0.25) is 0 Å². The number of para-hydroxylation sites is 1. The lowest BCUT2D eigenvalue weighted by Gasteiger charge is -2.16. The number of nitrogens with one attached hydrogen (secondary N) is 1. The van der Waals surface area contributed by atoms with E-state index >= 15 is 0 Å². The standard InChI is InChI=1S/C25H29N3O2S/c1-17(2)22-7-5-6-8-23(22)28-16-15-27-25(28)31-18(3)24(30)21-11-9-20(10-12-21)13-14-26-19(4)29/h5-12,15-18H,13-14H2,1-4H3,(H,26,29). The molecule has 0 aliphatic heterocycles. The Morgan fingerprint density at radius 1 is 1.06 bits per heavy atom. The number of amides is 1. The minimum absolute atomic E-state index is 0.0352. The zero-order chi connectivity index (χ0) is 22.4. The second-order valence-electron chi connectivity index (χ2n) is 7.85. The highest BCUT2D eigenvalue weighted by Crippen LogP contribution is 2.30. The van der Waals surface area contributed by atoms with Crippen LogP contribution in [0.5, 0.6) is 0 Å². The molecule has 0 saturated carbocycles. The van der Waals surface area contributed by atoms with Gasteiger partial charge in [-0.2, -0.15) is 0 Å². The number of carbonyl (C=O) groups is 2. The van der Waals surface area contributed by atoms with E-state index in [1.807, 2.05) is 43.5 Å². The van der Waals surface area contributed by atoms with Crippen molar-refractivity contribution in [1.82, 2.24) is 14.9 Å². The first kappa shape index (κ1) is 22.8. The van der Waals surface area contributed by atoms with Crippen LogP contribution in [-0.4, -0.2) is 33.0 Å². The summed E-state index contributed by atoms with van der Waals surface area (Å²) in [4.78, 5) is 28.5. The fourth-order valence-electron chi connectivity index (χ4n) is 3.42. The maximum Gasteiger partial charge on any atom is 0.216 e. The first-order chi connectivity index (χ1) is 14.9. The minimum Gasteiger partial charge on any atom is -0.356 e. The van der Waals surface area contributed by atoms with Crippen molar-refractivity contribution < 1.29 is 9.59 Å². The Kier molecular flexibility index (Phi) is 7.69. The van der Waals surface area contributed by atoms with E-state index in [0.717, 1.165) is 22.8 Å². The molecule has 0 fully saturated rings. The summed E-state index contributed by atoms with van der Waals surface area (Å²) < 4.78 is 2.06. The summed E-state index contributed by atoms with van der Waals surface area (Å²) in [6, 6.07) is 15.9. The Morgan fingerprint density at radius 2 is 1.77 bits per heavy atom. The summed E-state index contributed by atoms with van der Waals surface area (Å²) >= 11 is 1.47.